The van der Waals surface area contributed by atoms with E-state index in [4.69, 9.17) is 16.3 Å². The number of rotatable bonds is 7. The zero-order valence-corrected chi connectivity index (χ0v) is 15.9. The second-order valence-corrected chi connectivity index (χ2v) is 6.13. The summed E-state index contributed by atoms with van der Waals surface area (Å²) in [5.74, 6) is -0.774. The molecule has 1 atom stereocenters. The van der Waals surface area contributed by atoms with Gasteiger partial charge in [-0.1, -0.05) is 0 Å². The van der Waals surface area contributed by atoms with Crippen LogP contribution in [-0.4, -0.2) is 44.1 Å². The van der Waals surface area contributed by atoms with E-state index in [1.807, 2.05) is 6.92 Å². The van der Waals surface area contributed by atoms with Crippen molar-refractivity contribution in [2.24, 2.45) is 0 Å². The van der Waals surface area contributed by atoms with E-state index in [9.17, 15) is 20.0 Å². The predicted molar refractivity (Wildman–Crippen MR) is 97.2 cm³/mol. The molecule has 0 aliphatic carbocycles. The van der Waals surface area contributed by atoms with Crippen molar-refractivity contribution >= 4 is 29.1 Å². The molecule has 0 bridgehead atoms. The second kappa shape index (κ2) is 8.12. The fraction of sp³-hybridized carbons (Fsp3) is 0.375. The molecule has 0 radical (unpaired) electrons. The van der Waals surface area contributed by atoms with Gasteiger partial charge in [0, 0.05) is 17.3 Å². The van der Waals surface area contributed by atoms with Crippen LogP contribution in [0.4, 0.5) is 11.5 Å². The van der Waals surface area contributed by atoms with E-state index in [2.05, 4.69) is 15.0 Å². The highest BCUT2D eigenvalue weighted by Crippen LogP contribution is 2.31. The number of nitrogens with zero attached hydrogens (tertiary/aromatic N) is 5. The lowest BCUT2D eigenvalue weighted by Gasteiger charge is -2.27. The van der Waals surface area contributed by atoms with Crippen molar-refractivity contribution in [3.8, 4) is 5.75 Å². The molecule has 27 heavy (non-hydrogen) atoms. The van der Waals surface area contributed by atoms with Gasteiger partial charge in [-0.3, -0.25) is 15.1 Å². The maximum atomic E-state index is 11.6. The Kier molecular flexibility index (Phi) is 6.11. The molecule has 0 saturated carbocycles. The van der Waals surface area contributed by atoms with Crippen LogP contribution in [0.15, 0.2) is 12.4 Å². The average molecular weight is 396 g/mol. The summed E-state index contributed by atoms with van der Waals surface area (Å²) in [5, 5.41) is 20.6. The SMILES string of the molecule is COc1c(C)cnc(CN(c2nc(Cl)ncc2[N+](=O)[O-])[C@@H](C)C(=O)O)c1C. The molecular weight excluding hydrogens is 378 g/mol. The molecule has 0 saturated heterocycles. The number of ether oxygens (including phenoxy) is 1. The number of aryl methyl sites for hydroxylation is 1. The lowest BCUT2D eigenvalue weighted by atomic mass is 10.1. The first-order valence-corrected chi connectivity index (χ1v) is 8.20. The van der Waals surface area contributed by atoms with Gasteiger partial charge >= 0.3 is 11.7 Å². The molecular formula is C16H18ClN5O5. The molecule has 2 heterocycles. The third-order valence-electron chi connectivity index (χ3n) is 4.08. The molecule has 1 N–H and O–H groups in total. The fourth-order valence-corrected chi connectivity index (χ4v) is 2.74. The normalized spacial score (nSPS) is 11.7. The summed E-state index contributed by atoms with van der Waals surface area (Å²) in [4.78, 5) is 35.4. The number of carbonyl (C=O) groups is 1. The average Bonchev–Trinajstić information content (AvgIpc) is 2.60. The second-order valence-electron chi connectivity index (χ2n) is 5.79. The molecule has 2 rings (SSSR count). The summed E-state index contributed by atoms with van der Waals surface area (Å²) in [6.07, 6.45) is 2.54. The largest absolute Gasteiger partial charge is 0.496 e. The van der Waals surface area contributed by atoms with Crippen molar-refractivity contribution in [2.75, 3.05) is 12.0 Å². The molecule has 11 heteroatoms. The molecule has 2 aromatic heterocycles. The summed E-state index contributed by atoms with van der Waals surface area (Å²) in [7, 11) is 1.52. The van der Waals surface area contributed by atoms with Crippen molar-refractivity contribution in [2.45, 2.75) is 33.4 Å². The first-order chi connectivity index (χ1) is 12.7. The molecule has 0 spiro atoms. The number of hydrogen-bond donors (Lipinski definition) is 1. The van der Waals surface area contributed by atoms with Gasteiger partial charge in [0.1, 0.15) is 18.0 Å². The first-order valence-electron chi connectivity index (χ1n) is 7.82. The maximum absolute atomic E-state index is 11.6. The van der Waals surface area contributed by atoms with E-state index >= 15 is 0 Å². The third-order valence-corrected chi connectivity index (χ3v) is 4.27. The Morgan fingerprint density at radius 1 is 1.41 bits per heavy atom. The number of aromatic nitrogens is 3. The van der Waals surface area contributed by atoms with E-state index in [1.165, 1.54) is 18.9 Å². The van der Waals surface area contributed by atoms with Gasteiger partial charge in [0.05, 0.1) is 24.3 Å². The van der Waals surface area contributed by atoms with Crippen LogP contribution in [-0.2, 0) is 11.3 Å². The highest BCUT2D eigenvalue weighted by atomic mass is 35.5. The Morgan fingerprint density at radius 3 is 2.63 bits per heavy atom. The summed E-state index contributed by atoms with van der Waals surface area (Å²) in [6.45, 7) is 4.95. The Bertz CT molecular complexity index is 892. The van der Waals surface area contributed by atoms with Crippen LogP contribution in [0.3, 0.4) is 0 Å². The van der Waals surface area contributed by atoms with E-state index in [0.29, 0.717) is 17.0 Å². The number of pyridine rings is 1. The minimum atomic E-state index is -1.18. The van der Waals surface area contributed by atoms with Crippen molar-refractivity contribution < 1.29 is 19.6 Å². The number of halogens is 1. The van der Waals surface area contributed by atoms with Gasteiger partial charge < -0.3 is 14.7 Å². The first kappa shape index (κ1) is 20.3. The van der Waals surface area contributed by atoms with Crippen LogP contribution in [0.5, 0.6) is 5.75 Å². The summed E-state index contributed by atoms with van der Waals surface area (Å²) >= 11 is 5.80. The highest BCUT2D eigenvalue weighted by Gasteiger charge is 2.31. The topological polar surface area (TPSA) is 132 Å². The number of carboxylic acids is 1. The van der Waals surface area contributed by atoms with Crippen molar-refractivity contribution in [3.05, 3.63) is 44.6 Å². The van der Waals surface area contributed by atoms with Gasteiger partial charge in [-0.05, 0) is 32.4 Å². The molecule has 144 valence electrons. The fourth-order valence-electron chi connectivity index (χ4n) is 2.61. The monoisotopic (exact) mass is 395 g/mol. The van der Waals surface area contributed by atoms with Gasteiger partial charge in [0.15, 0.2) is 0 Å². The number of carboxylic acid groups (broad SMARTS) is 1. The van der Waals surface area contributed by atoms with Gasteiger partial charge in [0.2, 0.25) is 11.1 Å². The Hall–Kier alpha value is -3.01. The smallest absolute Gasteiger partial charge is 0.329 e. The highest BCUT2D eigenvalue weighted by molar-refractivity contribution is 6.28. The van der Waals surface area contributed by atoms with E-state index < -0.39 is 22.6 Å². The van der Waals surface area contributed by atoms with Crippen LogP contribution >= 0.6 is 11.6 Å². The number of nitro groups is 1. The molecule has 0 fully saturated rings. The molecule has 0 aliphatic rings. The lowest BCUT2D eigenvalue weighted by Crippen LogP contribution is -2.40. The summed E-state index contributed by atoms with van der Waals surface area (Å²) in [6, 6.07) is -1.14. The predicted octanol–water partition coefficient (Wildman–Crippen LogP) is 2.54. The number of methoxy groups -OCH3 is 1. The van der Waals surface area contributed by atoms with Gasteiger partial charge in [0.25, 0.3) is 0 Å². The van der Waals surface area contributed by atoms with Crippen molar-refractivity contribution in [3.63, 3.8) is 0 Å². The number of hydrogen-bond acceptors (Lipinski definition) is 8. The van der Waals surface area contributed by atoms with Crippen molar-refractivity contribution in [1.29, 1.82) is 0 Å². The Labute approximate surface area is 159 Å². The van der Waals surface area contributed by atoms with Crippen LogP contribution < -0.4 is 9.64 Å². The van der Waals surface area contributed by atoms with Gasteiger partial charge in [-0.2, -0.15) is 4.98 Å². The summed E-state index contributed by atoms with van der Waals surface area (Å²) in [5.41, 5.74) is 1.55. The Morgan fingerprint density at radius 2 is 2.07 bits per heavy atom. The molecule has 10 nitrogen and oxygen atoms in total. The van der Waals surface area contributed by atoms with Crippen LogP contribution in [0, 0.1) is 24.0 Å². The number of anilines is 1. The quantitative estimate of drug-likeness (QED) is 0.426. The molecule has 2 aromatic rings. The minimum Gasteiger partial charge on any atom is -0.496 e. The van der Waals surface area contributed by atoms with E-state index in [1.54, 1.807) is 13.1 Å². The van der Waals surface area contributed by atoms with Crippen molar-refractivity contribution in [1.82, 2.24) is 15.0 Å². The van der Waals surface area contributed by atoms with E-state index in [-0.39, 0.29) is 17.6 Å². The molecule has 0 unspecified atom stereocenters. The van der Waals surface area contributed by atoms with Crippen LogP contribution in [0.25, 0.3) is 0 Å². The zero-order valence-electron chi connectivity index (χ0n) is 15.1. The number of aliphatic carboxylic acids is 1. The van der Waals surface area contributed by atoms with E-state index in [0.717, 1.165) is 11.8 Å². The minimum absolute atomic E-state index is 0.0515. The lowest BCUT2D eigenvalue weighted by molar-refractivity contribution is -0.384. The van der Waals surface area contributed by atoms with Gasteiger partial charge in [-0.25, -0.2) is 9.78 Å². The van der Waals surface area contributed by atoms with Crippen LogP contribution in [0.2, 0.25) is 5.28 Å². The van der Waals surface area contributed by atoms with Gasteiger partial charge in [-0.15, -0.1) is 0 Å². The molecule has 0 aromatic carbocycles. The Balaban J connectivity index is 2.61. The third kappa shape index (κ3) is 4.22. The van der Waals surface area contributed by atoms with Crippen LogP contribution in [0.1, 0.15) is 23.7 Å². The molecule has 0 amide bonds. The maximum Gasteiger partial charge on any atom is 0.329 e. The zero-order chi connectivity index (χ0) is 20.3. The summed E-state index contributed by atoms with van der Waals surface area (Å²) < 4.78 is 5.36. The standard InChI is InChI=1S/C16H18ClN5O5/c1-8-5-18-11(9(2)13(8)27-4)7-21(10(3)15(23)24)14-12(22(25)26)6-19-16(17)20-14/h5-6,10H,7H2,1-4H3,(H,23,24)/t10-/m0/s1. The molecule has 0 aliphatic heterocycles.